The summed E-state index contributed by atoms with van der Waals surface area (Å²) in [5.74, 6) is 1.66. The molecule has 1 aromatic heterocycles. The fraction of sp³-hybridized carbons (Fsp3) is 0.0455. The smallest absolute Gasteiger partial charge is 0.138 e. The molecule has 0 spiro atoms. The van der Waals surface area contributed by atoms with Crippen LogP contribution in [0.4, 0.5) is 0 Å². The van der Waals surface area contributed by atoms with Crippen molar-refractivity contribution in [1.29, 1.82) is 0 Å². The van der Waals surface area contributed by atoms with Crippen LogP contribution in [0.1, 0.15) is 5.69 Å². The molecule has 1 heterocycles. The van der Waals surface area contributed by atoms with Gasteiger partial charge in [0.25, 0.3) is 0 Å². The minimum atomic E-state index is 0.824. The largest absolute Gasteiger partial charge is 0.457 e. The molecular weight excluding hydrogens is 294 g/mol. The van der Waals surface area contributed by atoms with E-state index in [9.17, 15) is 0 Å². The zero-order chi connectivity index (χ0) is 16.4. The summed E-state index contributed by atoms with van der Waals surface area (Å²) < 4.78 is 6.12. The van der Waals surface area contributed by atoms with E-state index >= 15 is 0 Å². The number of benzene rings is 3. The fourth-order valence-electron chi connectivity index (χ4n) is 2.83. The molecule has 116 valence electrons. The molecule has 2 nitrogen and oxygen atoms in total. The molecule has 3 aromatic carbocycles. The van der Waals surface area contributed by atoms with Gasteiger partial charge < -0.3 is 4.74 Å². The number of para-hydroxylation sites is 1. The first-order valence-corrected chi connectivity index (χ1v) is 7.99. The van der Waals surface area contributed by atoms with Gasteiger partial charge in [0.2, 0.25) is 0 Å². The van der Waals surface area contributed by atoms with E-state index in [1.807, 2.05) is 67.6 Å². The van der Waals surface area contributed by atoms with Gasteiger partial charge in [0, 0.05) is 17.1 Å². The lowest BCUT2D eigenvalue weighted by atomic mass is 10.1. The fourth-order valence-corrected chi connectivity index (χ4v) is 2.83. The van der Waals surface area contributed by atoms with Gasteiger partial charge in [-0.2, -0.15) is 0 Å². The highest BCUT2D eigenvalue weighted by Crippen LogP contribution is 2.31. The third kappa shape index (κ3) is 2.86. The Hall–Kier alpha value is -3.13. The second-order valence-corrected chi connectivity index (χ2v) is 5.77. The standard InChI is InChI=1S/C22H17NO/c1-16-15-22(20-9-5-6-10-21(20)23-16)24-19-13-11-18(12-14-19)17-7-3-2-4-8-17/h2-15H,1H3. The molecule has 0 aliphatic heterocycles. The van der Waals surface area contributed by atoms with E-state index in [4.69, 9.17) is 4.74 Å². The van der Waals surface area contributed by atoms with Crippen molar-refractivity contribution in [2.45, 2.75) is 6.92 Å². The molecule has 0 saturated heterocycles. The summed E-state index contributed by atoms with van der Waals surface area (Å²) in [6, 6.07) is 28.5. The second kappa shape index (κ2) is 6.17. The third-order valence-corrected chi connectivity index (χ3v) is 4.00. The lowest BCUT2D eigenvalue weighted by molar-refractivity contribution is 0.487. The molecule has 0 bridgehead atoms. The highest BCUT2D eigenvalue weighted by Gasteiger charge is 2.06. The first kappa shape index (κ1) is 14.5. The van der Waals surface area contributed by atoms with Gasteiger partial charge in [-0.1, -0.05) is 54.6 Å². The molecular formula is C22H17NO. The Labute approximate surface area is 141 Å². The van der Waals surface area contributed by atoms with Crippen LogP contribution in [-0.2, 0) is 0 Å². The normalized spacial score (nSPS) is 10.7. The van der Waals surface area contributed by atoms with E-state index in [-0.39, 0.29) is 0 Å². The zero-order valence-corrected chi connectivity index (χ0v) is 13.4. The quantitative estimate of drug-likeness (QED) is 0.463. The SMILES string of the molecule is Cc1cc(Oc2ccc(-c3ccccc3)cc2)c2ccccc2n1. The van der Waals surface area contributed by atoms with Gasteiger partial charge in [0.1, 0.15) is 11.5 Å². The molecule has 0 radical (unpaired) electrons. The van der Waals surface area contributed by atoms with E-state index in [0.29, 0.717) is 0 Å². The number of hydrogen-bond acceptors (Lipinski definition) is 2. The van der Waals surface area contributed by atoms with Crippen LogP contribution in [0.5, 0.6) is 11.5 Å². The maximum Gasteiger partial charge on any atom is 0.138 e. The van der Waals surface area contributed by atoms with Gasteiger partial charge in [-0.25, -0.2) is 0 Å². The second-order valence-electron chi connectivity index (χ2n) is 5.77. The summed E-state index contributed by atoms with van der Waals surface area (Å²) in [7, 11) is 0. The van der Waals surface area contributed by atoms with Gasteiger partial charge in [-0.15, -0.1) is 0 Å². The van der Waals surface area contributed by atoms with Crippen LogP contribution in [0.3, 0.4) is 0 Å². The molecule has 0 unspecified atom stereocenters. The Morgan fingerprint density at radius 2 is 1.38 bits per heavy atom. The van der Waals surface area contributed by atoms with E-state index in [0.717, 1.165) is 28.1 Å². The first-order chi connectivity index (χ1) is 11.8. The summed E-state index contributed by atoms with van der Waals surface area (Å²) >= 11 is 0. The molecule has 4 aromatic rings. The van der Waals surface area contributed by atoms with Gasteiger partial charge in [0.15, 0.2) is 0 Å². The van der Waals surface area contributed by atoms with Crippen LogP contribution in [-0.4, -0.2) is 4.98 Å². The van der Waals surface area contributed by atoms with E-state index in [1.54, 1.807) is 0 Å². The number of rotatable bonds is 3. The molecule has 0 amide bonds. The molecule has 0 atom stereocenters. The number of aromatic nitrogens is 1. The molecule has 0 fully saturated rings. The number of nitrogens with zero attached hydrogens (tertiary/aromatic N) is 1. The predicted molar refractivity (Wildman–Crippen MR) is 98.4 cm³/mol. The monoisotopic (exact) mass is 311 g/mol. The Morgan fingerprint density at radius 1 is 0.708 bits per heavy atom. The number of fused-ring (bicyclic) bond motifs is 1. The molecule has 0 saturated carbocycles. The summed E-state index contributed by atoms with van der Waals surface area (Å²) in [6.45, 7) is 1.98. The van der Waals surface area contributed by atoms with Crippen molar-refractivity contribution in [3.8, 4) is 22.6 Å². The molecule has 0 aliphatic carbocycles. The Bertz CT molecular complexity index is 976. The van der Waals surface area contributed by atoms with Crippen LogP contribution < -0.4 is 4.74 Å². The average Bonchev–Trinajstić information content (AvgIpc) is 2.63. The summed E-state index contributed by atoms with van der Waals surface area (Å²) in [4.78, 5) is 4.55. The highest BCUT2D eigenvalue weighted by molar-refractivity contribution is 5.85. The third-order valence-electron chi connectivity index (χ3n) is 4.00. The van der Waals surface area contributed by atoms with Crippen LogP contribution in [0.25, 0.3) is 22.0 Å². The highest BCUT2D eigenvalue weighted by atomic mass is 16.5. The lowest BCUT2D eigenvalue weighted by Crippen LogP contribution is -1.90. The van der Waals surface area contributed by atoms with E-state index in [1.165, 1.54) is 11.1 Å². The van der Waals surface area contributed by atoms with Gasteiger partial charge in [0.05, 0.1) is 5.52 Å². The van der Waals surface area contributed by atoms with Crippen molar-refractivity contribution < 1.29 is 4.74 Å². The van der Waals surface area contributed by atoms with Gasteiger partial charge in [-0.3, -0.25) is 4.98 Å². The number of pyridine rings is 1. The van der Waals surface area contributed by atoms with Crippen LogP contribution in [0.15, 0.2) is 84.9 Å². The topological polar surface area (TPSA) is 22.1 Å². The lowest BCUT2D eigenvalue weighted by Gasteiger charge is -2.10. The number of aryl methyl sites for hydroxylation is 1. The number of hydrogen-bond donors (Lipinski definition) is 0. The maximum atomic E-state index is 6.12. The van der Waals surface area contributed by atoms with Crippen LogP contribution in [0.2, 0.25) is 0 Å². The molecule has 0 aliphatic rings. The predicted octanol–water partition coefficient (Wildman–Crippen LogP) is 6.00. The van der Waals surface area contributed by atoms with Gasteiger partial charge >= 0.3 is 0 Å². The molecule has 0 N–H and O–H groups in total. The molecule has 4 rings (SSSR count). The van der Waals surface area contributed by atoms with Crippen molar-refractivity contribution in [3.05, 3.63) is 90.6 Å². The molecule has 24 heavy (non-hydrogen) atoms. The average molecular weight is 311 g/mol. The first-order valence-electron chi connectivity index (χ1n) is 7.99. The summed E-state index contributed by atoms with van der Waals surface area (Å²) in [5, 5.41) is 1.02. The van der Waals surface area contributed by atoms with Crippen molar-refractivity contribution in [3.63, 3.8) is 0 Å². The number of ether oxygens (including phenoxy) is 1. The zero-order valence-electron chi connectivity index (χ0n) is 13.4. The van der Waals surface area contributed by atoms with Crippen molar-refractivity contribution in [1.82, 2.24) is 4.98 Å². The van der Waals surface area contributed by atoms with Crippen molar-refractivity contribution in [2.24, 2.45) is 0 Å². The summed E-state index contributed by atoms with van der Waals surface area (Å²) in [6.07, 6.45) is 0. The Kier molecular flexibility index (Phi) is 3.72. The Morgan fingerprint density at radius 3 is 2.17 bits per heavy atom. The molecule has 2 heteroatoms. The minimum Gasteiger partial charge on any atom is -0.457 e. The Balaban J connectivity index is 1.67. The van der Waals surface area contributed by atoms with Gasteiger partial charge in [-0.05, 0) is 42.3 Å². The minimum absolute atomic E-state index is 0.824. The van der Waals surface area contributed by atoms with E-state index in [2.05, 4.69) is 29.2 Å². The van der Waals surface area contributed by atoms with Crippen molar-refractivity contribution in [2.75, 3.05) is 0 Å². The van der Waals surface area contributed by atoms with Crippen LogP contribution >= 0.6 is 0 Å². The van der Waals surface area contributed by atoms with Crippen LogP contribution in [0, 0.1) is 6.92 Å². The van der Waals surface area contributed by atoms with E-state index < -0.39 is 0 Å². The summed E-state index contributed by atoms with van der Waals surface area (Å²) in [5.41, 5.74) is 4.28. The maximum absolute atomic E-state index is 6.12. The van der Waals surface area contributed by atoms with Crippen molar-refractivity contribution >= 4 is 10.9 Å².